The number of piperidine rings is 1. The van der Waals surface area contributed by atoms with Gasteiger partial charge in [-0.05, 0) is 63.0 Å². The molecule has 3 heteroatoms. The zero-order valence-corrected chi connectivity index (χ0v) is 12.2. The van der Waals surface area contributed by atoms with E-state index in [0.717, 1.165) is 31.2 Å². The van der Waals surface area contributed by atoms with Gasteiger partial charge in [-0.3, -0.25) is 0 Å². The first-order valence-corrected chi connectivity index (χ1v) is 7.43. The van der Waals surface area contributed by atoms with Crippen LogP contribution in [0.2, 0.25) is 0 Å². The van der Waals surface area contributed by atoms with Crippen molar-refractivity contribution in [2.24, 2.45) is 5.92 Å². The third-order valence-electron chi connectivity index (χ3n) is 3.64. The highest BCUT2D eigenvalue weighted by molar-refractivity contribution is 5.46. The van der Waals surface area contributed by atoms with Gasteiger partial charge in [-0.1, -0.05) is 6.92 Å². The van der Waals surface area contributed by atoms with Crippen molar-refractivity contribution < 1.29 is 4.74 Å². The first kappa shape index (κ1) is 14.2. The number of benzene rings is 1. The van der Waals surface area contributed by atoms with Gasteiger partial charge in [-0.2, -0.15) is 0 Å². The lowest BCUT2D eigenvalue weighted by molar-refractivity contribution is 0.217. The zero-order valence-electron chi connectivity index (χ0n) is 12.2. The Morgan fingerprint density at radius 2 is 2.11 bits per heavy atom. The van der Waals surface area contributed by atoms with E-state index in [1.165, 1.54) is 31.6 Å². The maximum atomic E-state index is 5.58. The molecule has 1 N–H and O–H groups in total. The minimum absolute atomic E-state index is 0.773. The molecule has 106 valence electrons. The number of rotatable bonds is 6. The third-order valence-corrected chi connectivity index (χ3v) is 3.64. The fourth-order valence-corrected chi connectivity index (χ4v) is 2.59. The SMILES string of the molecule is CCCOc1ccc(NCC2CCCN(C)C2)cc1. The number of hydrogen-bond acceptors (Lipinski definition) is 3. The number of ether oxygens (including phenoxy) is 1. The molecule has 1 aliphatic rings. The Kier molecular flexibility index (Phi) is 5.52. The molecule has 1 heterocycles. The number of likely N-dealkylation sites (tertiary alicyclic amines) is 1. The van der Waals surface area contributed by atoms with Crippen molar-refractivity contribution in [1.29, 1.82) is 0 Å². The Morgan fingerprint density at radius 3 is 2.79 bits per heavy atom. The van der Waals surface area contributed by atoms with Gasteiger partial charge in [-0.25, -0.2) is 0 Å². The lowest BCUT2D eigenvalue weighted by Crippen LogP contribution is -2.35. The van der Waals surface area contributed by atoms with Gasteiger partial charge in [0, 0.05) is 18.8 Å². The molecule has 0 aromatic heterocycles. The van der Waals surface area contributed by atoms with Crippen molar-refractivity contribution in [1.82, 2.24) is 4.90 Å². The zero-order chi connectivity index (χ0) is 13.5. The molecule has 1 aromatic carbocycles. The van der Waals surface area contributed by atoms with E-state index >= 15 is 0 Å². The van der Waals surface area contributed by atoms with E-state index in [-0.39, 0.29) is 0 Å². The van der Waals surface area contributed by atoms with E-state index < -0.39 is 0 Å². The van der Waals surface area contributed by atoms with Crippen molar-refractivity contribution in [3.05, 3.63) is 24.3 Å². The lowest BCUT2D eigenvalue weighted by atomic mass is 9.98. The highest BCUT2D eigenvalue weighted by Crippen LogP contribution is 2.19. The topological polar surface area (TPSA) is 24.5 Å². The number of hydrogen-bond donors (Lipinski definition) is 1. The summed E-state index contributed by atoms with van der Waals surface area (Å²) < 4.78 is 5.58. The highest BCUT2D eigenvalue weighted by Gasteiger charge is 2.16. The molecular weight excluding hydrogens is 236 g/mol. The van der Waals surface area contributed by atoms with Gasteiger partial charge < -0.3 is 15.0 Å². The molecule has 0 spiro atoms. The van der Waals surface area contributed by atoms with Gasteiger partial charge in [0.2, 0.25) is 0 Å². The van der Waals surface area contributed by atoms with Crippen LogP contribution in [0.4, 0.5) is 5.69 Å². The van der Waals surface area contributed by atoms with Crippen molar-refractivity contribution in [3.8, 4) is 5.75 Å². The lowest BCUT2D eigenvalue weighted by Gasteiger charge is -2.29. The molecule has 1 aliphatic heterocycles. The summed E-state index contributed by atoms with van der Waals surface area (Å²) in [4.78, 5) is 2.43. The molecule has 1 fully saturated rings. The van der Waals surface area contributed by atoms with Gasteiger partial charge in [0.25, 0.3) is 0 Å². The molecule has 1 saturated heterocycles. The van der Waals surface area contributed by atoms with Gasteiger partial charge in [0.1, 0.15) is 5.75 Å². The Bertz CT molecular complexity index is 364. The smallest absolute Gasteiger partial charge is 0.119 e. The van der Waals surface area contributed by atoms with Gasteiger partial charge in [0.05, 0.1) is 6.61 Å². The Labute approximate surface area is 116 Å². The second-order valence-electron chi connectivity index (χ2n) is 5.52. The van der Waals surface area contributed by atoms with Gasteiger partial charge in [-0.15, -0.1) is 0 Å². The Balaban J connectivity index is 1.76. The van der Waals surface area contributed by atoms with Crippen LogP contribution < -0.4 is 10.1 Å². The predicted octanol–water partition coefficient (Wildman–Crippen LogP) is 3.23. The quantitative estimate of drug-likeness (QED) is 0.852. The molecule has 1 atom stereocenters. The Hall–Kier alpha value is -1.22. The van der Waals surface area contributed by atoms with Gasteiger partial charge in [0.15, 0.2) is 0 Å². The Morgan fingerprint density at radius 1 is 1.32 bits per heavy atom. The molecule has 3 nitrogen and oxygen atoms in total. The van der Waals surface area contributed by atoms with Crippen LogP contribution in [0.1, 0.15) is 26.2 Å². The van der Waals surface area contributed by atoms with E-state index in [0.29, 0.717) is 0 Å². The summed E-state index contributed by atoms with van der Waals surface area (Å²) in [5.41, 5.74) is 1.19. The summed E-state index contributed by atoms with van der Waals surface area (Å²) in [7, 11) is 2.21. The number of anilines is 1. The van der Waals surface area contributed by atoms with E-state index in [1.807, 2.05) is 12.1 Å². The summed E-state index contributed by atoms with van der Waals surface area (Å²) in [6.07, 6.45) is 3.72. The molecule has 19 heavy (non-hydrogen) atoms. The minimum atomic E-state index is 0.773. The van der Waals surface area contributed by atoms with Crippen LogP contribution in [0.3, 0.4) is 0 Å². The summed E-state index contributed by atoms with van der Waals surface area (Å²) >= 11 is 0. The third kappa shape index (κ3) is 4.75. The van der Waals surface area contributed by atoms with Crippen LogP contribution in [0, 0.1) is 5.92 Å². The average molecular weight is 262 g/mol. The largest absolute Gasteiger partial charge is 0.494 e. The summed E-state index contributed by atoms with van der Waals surface area (Å²) in [6, 6.07) is 8.31. The second kappa shape index (κ2) is 7.39. The second-order valence-corrected chi connectivity index (χ2v) is 5.52. The van der Waals surface area contributed by atoms with Crippen LogP contribution >= 0.6 is 0 Å². The maximum Gasteiger partial charge on any atom is 0.119 e. The molecule has 0 radical (unpaired) electrons. The predicted molar refractivity (Wildman–Crippen MR) is 80.9 cm³/mol. The van der Waals surface area contributed by atoms with Crippen molar-refractivity contribution >= 4 is 5.69 Å². The van der Waals surface area contributed by atoms with E-state index in [2.05, 4.69) is 36.3 Å². The molecule has 0 saturated carbocycles. The monoisotopic (exact) mass is 262 g/mol. The van der Waals surface area contributed by atoms with Crippen molar-refractivity contribution in [3.63, 3.8) is 0 Å². The molecule has 1 aromatic rings. The van der Waals surface area contributed by atoms with Crippen LogP contribution in [0.5, 0.6) is 5.75 Å². The fourth-order valence-electron chi connectivity index (χ4n) is 2.59. The van der Waals surface area contributed by atoms with Crippen LogP contribution in [0.15, 0.2) is 24.3 Å². The minimum Gasteiger partial charge on any atom is -0.494 e. The molecule has 2 rings (SSSR count). The molecule has 0 bridgehead atoms. The normalized spacial score (nSPS) is 20.2. The standard InChI is InChI=1S/C16H26N2O/c1-3-11-19-16-8-6-15(7-9-16)17-12-14-5-4-10-18(2)13-14/h6-9,14,17H,3-5,10-13H2,1-2H3. The van der Waals surface area contributed by atoms with Crippen molar-refractivity contribution in [2.75, 3.05) is 38.6 Å². The molecule has 0 amide bonds. The molecule has 1 unspecified atom stereocenters. The van der Waals surface area contributed by atoms with Crippen molar-refractivity contribution in [2.45, 2.75) is 26.2 Å². The van der Waals surface area contributed by atoms with E-state index in [1.54, 1.807) is 0 Å². The summed E-state index contributed by atoms with van der Waals surface area (Å²) in [6.45, 7) is 6.45. The first-order valence-electron chi connectivity index (χ1n) is 7.43. The maximum absolute atomic E-state index is 5.58. The summed E-state index contributed by atoms with van der Waals surface area (Å²) in [5.74, 6) is 1.74. The number of nitrogens with one attached hydrogen (secondary N) is 1. The van der Waals surface area contributed by atoms with Crippen LogP contribution in [-0.4, -0.2) is 38.2 Å². The van der Waals surface area contributed by atoms with Gasteiger partial charge >= 0.3 is 0 Å². The highest BCUT2D eigenvalue weighted by atomic mass is 16.5. The summed E-state index contributed by atoms with van der Waals surface area (Å²) in [5, 5.41) is 3.54. The fraction of sp³-hybridized carbons (Fsp3) is 0.625. The number of nitrogens with zero attached hydrogens (tertiary/aromatic N) is 1. The molecule has 0 aliphatic carbocycles. The van der Waals surface area contributed by atoms with E-state index in [4.69, 9.17) is 4.74 Å². The van der Waals surface area contributed by atoms with E-state index in [9.17, 15) is 0 Å². The van der Waals surface area contributed by atoms with Crippen LogP contribution in [0.25, 0.3) is 0 Å². The molecular formula is C16H26N2O. The van der Waals surface area contributed by atoms with Crippen LogP contribution in [-0.2, 0) is 0 Å². The average Bonchev–Trinajstić information content (AvgIpc) is 2.44. The first-order chi connectivity index (χ1) is 9.28.